The van der Waals surface area contributed by atoms with Crippen LogP contribution in [0.25, 0.3) is 17.1 Å². The topological polar surface area (TPSA) is 83.4 Å². The third kappa shape index (κ3) is 1.82. The Bertz CT molecular complexity index is 890. The Labute approximate surface area is 129 Å². The average molecular weight is 311 g/mol. The molecule has 0 spiro atoms. The van der Waals surface area contributed by atoms with Crippen LogP contribution in [-0.4, -0.2) is 37.2 Å². The summed E-state index contributed by atoms with van der Waals surface area (Å²) in [7, 11) is 0. The zero-order valence-electron chi connectivity index (χ0n) is 11.1. The molecule has 1 aromatic carbocycles. The van der Waals surface area contributed by atoms with Gasteiger partial charge in [0.1, 0.15) is 11.1 Å². The number of carboxylic acids is 1. The van der Waals surface area contributed by atoms with E-state index in [-0.39, 0.29) is 17.0 Å². The van der Waals surface area contributed by atoms with Gasteiger partial charge in [0, 0.05) is 5.41 Å². The lowest BCUT2D eigenvalue weighted by Crippen LogP contribution is -2.51. The van der Waals surface area contributed by atoms with Crippen molar-refractivity contribution in [1.29, 1.82) is 0 Å². The highest BCUT2D eigenvalue weighted by Crippen LogP contribution is 2.44. The van der Waals surface area contributed by atoms with E-state index >= 15 is 0 Å². The van der Waals surface area contributed by atoms with Gasteiger partial charge in [-0.05, 0) is 18.2 Å². The SMILES string of the molecule is O=C(O)C1=CS[C@@H]2/C(=C\c3cnc4ccccc4n3)C(=O)N12. The zero-order valence-corrected chi connectivity index (χ0v) is 11.9. The van der Waals surface area contributed by atoms with Gasteiger partial charge in [-0.15, -0.1) is 11.8 Å². The van der Waals surface area contributed by atoms with E-state index in [9.17, 15) is 9.59 Å². The summed E-state index contributed by atoms with van der Waals surface area (Å²) in [6.45, 7) is 0. The number of aliphatic carboxylic acids is 1. The predicted molar refractivity (Wildman–Crippen MR) is 81.5 cm³/mol. The van der Waals surface area contributed by atoms with Crippen molar-refractivity contribution in [1.82, 2.24) is 14.9 Å². The molecule has 6 nitrogen and oxygen atoms in total. The number of β-lactam (4-membered cyclic amide) rings is 1. The Morgan fingerprint density at radius 1 is 1.32 bits per heavy atom. The molecular weight excluding hydrogens is 302 g/mol. The smallest absolute Gasteiger partial charge is 0.353 e. The van der Waals surface area contributed by atoms with Gasteiger partial charge in [0.05, 0.1) is 28.5 Å². The summed E-state index contributed by atoms with van der Waals surface area (Å²) >= 11 is 1.31. The lowest BCUT2D eigenvalue weighted by molar-refractivity contribution is -0.141. The Hall–Kier alpha value is -2.67. The molecule has 0 unspecified atom stereocenters. The van der Waals surface area contributed by atoms with Crippen molar-refractivity contribution in [2.45, 2.75) is 5.37 Å². The van der Waals surface area contributed by atoms with Gasteiger partial charge in [-0.3, -0.25) is 14.7 Å². The summed E-state index contributed by atoms with van der Waals surface area (Å²) in [5, 5.41) is 10.3. The Balaban J connectivity index is 1.67. The first-order chi connectivity index (χ1) is 10.6. The van der Waals surface area contributed by atoms with Crippen molar-refractivity contribution in [2.75, 3.05) is 0 Å². The van der Waals surface area contributed by atoms with Gasteiger partial charge in [-0.2, -0.15) is 0 Å². The molecule has 1 N–H and O–H groups in total. The Morgan fingerprint density at radius 2 is 2.09 bits per heavy atom. The minimum absolute atomic E-state index is 0.0294. The van der Waals surface area contributed by atoms with Crippen molar-refractivity contribution in [2.24, 2.45) is 0 Å². The van der Waals surface area contributed by atoms with Gasteiger partial charge in [-0.25, -0.2) is 9.78 Å². The minimum Gasteiger partial charge on any atom is -0.477 e. The molecule has 1 saturated heterocycles. The summed E-state index contributed by atoms with van der Waals surface area (Å²) in [6, 6.07) is 7.48. The van der Waals surface area contributed by atoms with Crippen LogP contribution in [0.5, 0.6) is 0 Å². The van der Waals surface area contributed by atoms with E-state index in [1.807, 2.05) is 24.3 Å². The molecule has 1 amide bonds. The molecule has 2 aromatic rings. The van der Waals surface area contributed by atoms with E-state index in [1.54, 1.807) is 12.3 Å². The van der Waals surface area contributed by atoms with E-state index in [1.165, 1.54) is 22.1 Å². The number of carboxylic acid groups (broad SMARTS) is 1. The van der Waals surface area contributed by atoms with Crippen LogP contribution in [0.15, 0.2) is 47.1 Å². The molecule has 2 aliphatic rings. The molecule has 0 saturated carbocycles. The molecule has 7 heteroatoms. The summed E-state index contributed by atoms with van der Waals surface area (Å²) < 4.78 is 0. The molecular formula is C15H9N3O3S. The van der Waals surface area contributed by atoms with Crippen LogP contribution in [0.3, 0.4) is 0 Å². The molecule has 0 bridgehead atoms. The first kappa shape index (κ1) is 13.0. The minimum atomic E-state index is -1.09. The maximum absolute atomic E-state index is 12.1. The summed E-state index contributed by atoms with van der Waals surface area (Å²) in [5.74, 6) is -1.38. The number of carbonyl (C=O) groups is 2. The third-order valence-electron chi connectivity index (χ3n) is 3.52. The largest absolute Gasteiger partial charge is 0.477 e. The monoisotopic (exact) mass is 311 g/mol. The number of hydrogen-bond acceptors (Lipinski definition) is 5. The number of nitrogens with zero attached hydrogens (tertiary/aromatic N) is 3. The van der Waals surface area contributed by atoms with E-state index in [0.29, 0.717) is 11.3 Å². The average Bonchev–Trinajstić information content (AvgIpc) is 2.93. The summed E-state index contributed by atoms with van der Waals surface area (Å²) in [6.07, 6.45) is 3.28. The van der Waals surface area contributed by atoms with Crippen molar-refractivity contribution in [3.05, 3.63) is 52.8 Å². The number of thioether (sulfide) groups is 1. The molecule has 3 heterocycles. The number of hydrogen-bond donors (Lipinski definition) is 1. The first-order valence-corrected chi connectivity index (χ1v) is 7.45. The second kappa shape index (κ2) is 4.67. The molecule has 2 aliphatic heterocycles. The van der Waals surface area contributed by atoms with E-state index < -0.39 is 5.97 Å². The van der Waals surface area contributed by atoms with Crippen LogP contribution in [0.4, 0.5) is 0 Å². The number of rotatable bonds is 2. The lowest BCUT2D eigenvalue weighted by Gasteiger charge is -2.37. The fourth-order valence-electron chi connectivity index (χ4n) is 2.47. The standard InChI is InChI=1S/C15H9N3O3S/c19-13-9(14-18(13)12(7-22-14)15(20)21)5-8-6-16-10-3-1-2-4-11(10)17-8/h1-7,14H,(H,20,21)/b9-5-/t14-/m1/s1. The Kier molecular flexibility index (Phi) is 2.77. The highest BCUT2D eigenvalue weighted by molar-refractivity contribution is 8.03. The number of aromatic nitrogens is 2. The maximum atomic E-state index is 12.1. The molecule has 1 aromatic heterocycles. The van der Waals surface area contributed by atoms with Crippen LogP contribution in [-0.2, 0) is 9.59 Å². The quantitative estimate of drug-likeness (QED) is 0.673. The molecule has 108 valence electrons. The van der Waals surface area contributed by atoms with Gasteiger partial charge in [0.25, 0.3) is 5.91 Å². The summed E-state index contributed by atoms with van der Waals surface area (Å²) in [5.41, 5.74) is 2.70. The number of carbonyl (C=O) groups excluding carboxylic acids is 1. The van der Waals surface area contributed by atoms with Crippen molar-refractivity contribution in [3.63, 3.8) is 0 Å². The van der Waals surface area contributed by atoms with Gasteiger partial charge in [0.2, 0.25) is 0 Å². The lowest BCUT2D eigenvalue weighted by atomic mass is 10.0. The van der Waals surface area contributed by atoms with E-state index in [0.717, 1.165) is 11.0 Å². The number of amides is 1. The third-order valence-corrected chi connectivity index (χ3v) is 4.61. The van der Waals surface area contributed by atoms with Crippen molar-refractivity contribution < 1.29 is 14.7 Å². The summed E-state index contributed by atoms with van der Waals surface area (Å²) in [4.78, 5) is 33.2. The van der Waals surface area contributed by atoms with E-state index in [4.69, 9.17) is 5.11 Å². The first-order valence-electron chi connectivity index (χ1n) is 6.51. The van der Waals surface area contributed by atoms with Crippen LogP contribution in [0.1, 0.15) is 5.69 Å². The molecule has 1 atom stereocenters. The molecule has 1 fully saturated rings. The second-order valence-electron chi connectivity index (χ2n) is 4.86. The second-order valence-corrected chi connectivity index (χ2v) is 5.81. The van der Waals surface area contributed by atoms with Crippen molar-refractivity contribution >= 4 is 40.7 Å². The van der Waals surface area contributed by atoms with Gasteiger partial charge >= 0.3 is 5.97 Å². The maximum Gasteiger partial charge on any atom is 0.353 e. The van der Waals surface area contributed by atoms with Crippen LogP contribution < -0.4 is 0 Å². The fourth-order valence-corrected chi connectivity index (χ4v) is 3.59. The van der Waals surface area contributed by atoms with E-state index in [2.05, 4.69) is 9.97 Å². The molecule has 0 aliphatic carbocycles. The highest BCUT2D eigenvalue weighted by atomic mass is 32.2. The number of benzene rings is 1. The van der Waals surface area contributed by atoms with Crippen LogP contribution >= 0.6 is 11.8 Å². The number of para-hydroxylation sites is 2. The highest BCUT2D eigenvalue weighted by Gasteiger charge is 2.49. The van der Waals surface area contributed by atoms with Crippen LogP contribution in [0.2, 0.25) is 0 Å². The van der Waals surface area contributed by atoms with Crippen LogP contribution in [0, 0.1) is 0 Å². The zero-order chi connectivity index (χ0) is 15.3. The van der Waals surface area contributed by atoms with Crippen molar-refractivity contribution in [3.8, 4) is 0 Å². The van der Waals surface area contributed by atoms with Gasteiger partial charge < -0.3 is 5.11 Å². The number of fused-ring (bicyclic) bond motifs is 2. The molecule has 0 radical (unpaired) electrons. The van der Waals surface area contributed by atoms with Gasteiger partial charge in [-0.1, -0.05) is 12.1 Å². The Morgan fingerprint density at radius 3 is 2.86 bits per heavy atom. The predicted octanol–water partition coefficient (Wildman–Crippen LogP) is 1.85. The molecule has 22 heavy (non-hydrogen) atoms. The normalized spacial score (nSPS) is 21.7. The van der Waals surface area contributed by atoms with Gasteiger partial charge in [0.15, 0.2) is 0 Å². The fraction of sp³-hybridized carbons (Fsp3) is 0.0667. The molecule has 4 rings (SSSR count).